The first kappa shape index (κ1) is 10.8. The van der Waals surface area contributed by atoms with Crippen molar-refractivity contribution in [1.29, 1.82) is 0 Å². The lowest BCUT2D eigenvalue weighted by molar-refractivity contribution is 0.350. The third-order valence-electron chi connectivity index (χ3n) is 2.27. The van der Waals surface area contributed by atoms with Gasteiger partial charge >= 0.3 is 0 Å². The Hall–Kier alpha value is -0.300. The van der Waals surface area contributed by atoms with E-state index in [9.17, 15) is 0 Å². The van der Waals surface area contributed by atoms with Crippen molar-refractivity contribution in [2.45, 2.75) is 47.0 Å². The Labute approximate surface area is 86.0 Å². The summed E-state index contributed by atoms with van der Waals surface area (Å²) in [7, 11) is 0. The number of hydrogen-bond acceptors (Lipinski definition) is 1. The van der Waals surface area contributed by atoms with Gasteiger partial charge in [-0.05, 0) is 41.7 Å². The summed E-state index contributed by atoms with van der Waals surface area (Å²) in [6.07, 6.45) is 1.27. The maximum atomic E-state index is 2.34. The van der Waals surface area contributed by atoms with Crippen LogP contribution in [0.2, 0.25) is 0 Å². The number of aryl methyl sites for hydroxylation is 1. The molecule has 0 aliphatic carbocycles. The number of thiophene rings is 1. The highest BCUT2D eigenvalue weighted by atomic mass is 32.1. The molecule has 1 aromatic rings. The summed E-state index contributed by atoms with van der Waals surface area (Å²) in [4.78, 5) is 1.56. The van der Waals surface area contributed by atoms with Gasteiger partial charge in [0.15, 0.2) is 0 Å². The van der Waals surface area contributed by atoms with Gasteiger partial charge in [-0.15, -0.1) is 11.3 Å². The zero-order chi connectivity index (χ0) is 10.1. The maximum absolute atomic E-state index is 2.34. The van der Waals surface area contributed by atoms with E-state index >= 15 is 0 Å². The van der Waals surface area contributed by atoms with Crippen LogP contribution in [0, 0.1) is 12.3 Å². The quantitative estimate of drug-likeness (QED) is 0.648. The lowest BCUT2D eigenvalue weighted by Gasteiger charge is -2.23. The van der Waals surface area contributed by atoms with E-state index in [1.54, 1.807) is 4.88 Å². The Morgan fingerprint density at radius 2 is 2.00 bits per heavy atom. The van der Waals surface area contributed by atoms with Crippen LogP contribution in [0.3, 0.4) is 0 Å². The monoisotopic (exact) mass is 196 g/mol. The molecule has 74 valence electrons. The van der Waals surface area contributed by atoms with E-state index in [0.29, 0.717) is 11.3 Å². The highest BCUT2D eigenvalue weighted by Crippen LogP contribution is 2.34. The normalized spacial score (nSPS) is 14.5. The second kappa shape index (κ2) is 3.83. The van der Waals surface area contributed by atoms with Gasteiger partial charge in [-0.3, -0.25) is 0 Å². The molecule has 0 amide bonds. The summed E-state index contributed by atoms with van der Waals surface area (Å²) in [5.41, 5.74) is 1.90. The van der Waals surface area contributed by atoms with E-state index in [4.69, 9.17) is 0 Å². The van der Waals surface area contributed by atoms with Gasteiger partial charge in [-0.1, -0.05) is 27.7 Å². The van der Waals surface area contributed by atoms with Gasteiger partial charge in [0.25, 0.3) is 0 Å². The van der Waals surface area contributed by atoms with Crippen LogP contribution < -0.4 is 0 Å². The van der Waals surface area contributed by atoms with E-state index < -0.39 is 0 Å². The van der Waals surface area contributed by atoms with Crippen LogP contribution in [0.25, 0.3) is 0 Å². The molecule has 1 heteroatoms. The fourth-order valence-electron chi connectivity index (χ4n) is 1.90. The molecular formula is C12H20S. The third kappa shape index (κ3) is 3.15. The second-order valence-electron chi connectivity index (χ2n) is 5.13. The molecule has 0 saturated heterocycles. The van der Waals surface area contributed by atoms with Crippen LogP contribution in [-0.2, 0) is 0 Å². The summed E-state index contributed by atoms with van der Waals surface area (Å²) < 4.78 is 0. The van der Waals surface area contributed by atoms with Crippen LogP contribution in [0.1, 0.15) is 50.5 Å². The van der Waals surface area contributed by atoms with Crippen LogP contribution in [0.15, 0.2) is 11.4 Å². The molecule has 0 radical (unpaired) electrons. The number of hydrogen-bond donors (Lipinski definition) is 0. The first-order chi connectivity index (χ1) is 5.90. The van der Waals surface area contributed by atoms with Crippen molar-refractivity contribution in [3.63, 3.8) is 0 Å². The SMILES string of the molecule is Cc1ccsc1C(C)CC(C)(C)C. The highest BCUT2D eigenvalue weighted by molar-refractivity contribution is 7.10. The molecule has 0 nitrogen and oxygen atoms in total. The predicted octanol–water partition coefficient (Wildman–Crippen LogP) is 4.60. The summed E-state index contributed by atoms with van der Waals surface area (Å²) in [5, 5.41) is 2.20. The van der Waals surface area contributed by atoms with E-state index in [-0.39, 0.29) is 0 Å². The Bertz CT molecular complexity index is 265. The van der Waals surface area contributed by atoms with Gasteiger partial charge < -0.3 is 0 Å². The minimum atomic E-state index is 0.440. The van der Waals surface area contributed by atoms with Crippen LogP contribution in [-0.4, -0.2) is 0 Å². The summed E-state index contributed by atoms with van der Waals surface area (Å²) in [6, 6.07) is 2.22. The summed E-state index contributed by atoms with van der Waals surface area (Å²) in [6.45, 7) is 11.5. The van der Waals surface area contributed by atoms with Gasteiger partial charge in [0.05, 0.1) is 0 Å². The van der Waals surface area contributed by atoms with Crippen molar-refractivity contribution in [1.82, 2.24) is 0 Å². The zero-order valence-corrected chi connectivity index (χ0v) is 10.2. The van der Waals surface area contributed by atoms with Gasteiger partial charge in [0.2, 0.25) is 0 Å². The maximum Gasteiger partial charge on any atom is 0.0103 e. The molecule has 1 unspecified atom stereocenters. The summed E-state index contributed by atoms with van der Waals surface area (Å²) >= 11 is 1.90. The smallest absolute Gasteiger partial charge is 0.0103 e. The second-order valence-corrected chi connectivity index (χ2v) is 6.08. The lowest BCUT2D eigenvalue weighted by Crippen LogP contribution is -2.09. The van der Waals surface area contributed by atoms with Crippen molar-refractivity contribution < 1.29 is 0 Å². The third-order valence-corrected chi connectivity index (χ3v) is 3.52. The molecule has 0 bridgehead atoms. The lowest BCUT2D eigenvalue weighted by atomic mass is 9.84. The molecule has 1 heterocycles. The Morgan fingerprint density at radius 1 is 1.38 bits per heavy atom. The van der Waals surface area contributed by atoms with E-state index in [1.165, 1.54) is 12.0 Å². The summed E-state index contributed by atoms with van der Waals surface area (Å²) in [5.74, 6) is 0.708. The molecule has 0 aromatic carbocycles. The minimum Gasteiger partial charge on any atom is -0.148 e. The molecule has 0 aliphatic heterocycles. The van der Waals surface area contributed by atoms with Crippen LogP contribution in [0.4, 0.5) is 0 Å². The van der Waals surface area contributed by atoms with E-state index in [2.05, 4.69) is 46.1 Å². The van der Waals surface area contributed by atoms with Gasteiger partial charge in [0.1, 0.15) is 0 Å². The fourth-order valence-corrected chi connectivity index (χ4v) is 2.89. The molecule has 1 rings (SSSR count). The molecule has 0 N–H and O–H groups in total. The Morgan fingerprint density at radius 3 is 2.38 bits per heavy atom. The van der Waals surface area contributed by atoms with Crippen molar-refractivity contribution in [3.05, 3.63) is 21.9 Å². The molecule has 0 saturated carbocycles. The van der Waals surface area contributed by atoms with E-state index in [1.807, 2.05) is 11.3 Å². The fraction of sp³-hybridized carbons (Fsp3) is 0.667. The van der Waals surface area contributed by atoms with Crippen molar-refractivity contribution in [3.8, 4) is 0 Å². The highest BCUT2D eigenvalue weighted by Gasteiger charge is 2.18. The van der Waals surface area contributed by atoms with Crippen LogP contribution in [0.5, 0.6) is 0 Å². The minimum absolute atomic E-state index is 0.440. The average molecular weight is 196 g/mol. The Kier molecular flexibility index (Phi) is 3.18. The van der Waals surface area contributed by atoms with E-state index in [0.717, 1.165) is 0 Å². The molecule has 1 aromatic heterocycles. The van der Waals surface area contributed by atoms with Gasteiger partial charge in [-0.25, -0.2) is 0 Å². The molecular weight excluding hydrogens is 176 g/mol. The van der Waals surface area contributed by atoms with Crippen molar-refractivity contribution >= 4 is 11.3 Å². The van der Waals surface area contributed by atoms with Crippen LogP contribution >= 0.6 is 11.3 Å². The average Bonchev–Trinajstić information content (AvgIpc) is 2.30. The largest absolute Gasteiger partial charge is 0.148 e. The van der Waals surface area contributed by atoms with Gasteiger partial charge in [0, 0.05) is 4.88 Å². The topological polar surface area (TPSA) is 0 Å². The predicted molar refractivity (Wildman–Crippen MR) is 61.5 cm³/mol. The number of rotatable bonds is 2. The molecule has 0 spiro atoms. The van der Waals surface area contributed by atoms with Gasteiger partial charge in [-0.2, -0.15) is 0 Å². The zero-order valence-electron chi connectivity index (χ0n) is 9.35. The molecule has 0 aliphatic rings. The first-order valence-corrected chi connectivity index (χ1v) is 5.82. The molecule has 13 heavy (non-hydrogen) atoms. The standard InChI is InChI=1S/C12H20S/c1-9-6-7-13-11(9)10(2)8-12(3,4)5/h6-7,10H,8H2,1-5H3. The Balaban J connectivity index is 2.69. The molecule has 0 fully saturated rings. The van der Waals surface area contributed by atoms with Crippen molar-refractivity contribution in [2.24, 2.45) is 5.41 Å². The van der Waals surface area contributed by atoms with Crippen molar-refractivity contribution in [2.75, 3.05) is 0 Å². The first-order valence-electron chi connectivity index (χ1n) is 4.94. The molecule has 1 atom stereocenters.